The predicted octanol–water partition coefficient (Wildman–Crippen LogP) is 6.19. The molecule has 6 rings (SSSR count). The predicted molar refractivity (Wildman–Crippen MR) is 142 cm³/mol. The molecular formula is C26H23BrN6O2S. The number of aryl methyl sites for hydroxylation is 1. The highest BCUT2D eigenvalue weighted by molar-refractivity contribution is 9.11. The number of carbonyl (C=O) groups excluding carboxylic acids is 1. The minimum Gasteiger partial charge on any atom is -0.443 e. The Kier molecular flexibility index (Phi) is 6.14. The van der Waals surface area contributed by atoms with Crippen LogP contribution in [0.1, 0.15) is 47.1 Å². The highest BCUT2D eigenvalue weighted by Gasteiger charge is 2.29. The Morgan fingerprint density at radius 2 is 2.08 bits per heavy atom. The van der Waals surface area contributed by atoms with E-state index in [0.29, 0.717) is 16.5 Å². The van der Waals surface area contributed by atoms with Crippen LogP contribution in [0.25, 0.3) is 34.1 Å². The summed E-state index contributed by atoms with van der Waals surface area (Å²) in [6, 6.07) is 11.8. The third-order valence-electron chi connectivity index (χ3n) is 6.45. The molecule has 1 saturated carbocycles. The van der Waals surface area contributed by atoms with E-state index in [-0.39, 0.29) is 18.0 Å². The van der Waals surface area contributed by atoms with Gasteiger partial charge in [0.05, 0.1) is 26.1 Å². The fraction of sp³-hybridized carbons (Fsp3) is 0.269. The van der Waals surface area contributed by atoms with Crippen LogP contribution in [0.5, 0.6) is 0 Å². The summed E-state index contributed by atoms with van der Waals surface area (Å²) >= 11 is 4.89. The zero-order chi connectivity index (χ0) is 24.6. The van der Waals surface area contributed by atoms with Crippen LogP contribution in [0, 0.1) is 6.92 Å². The molecule has 5 heterocycles. The van der Waals surface area contributed by atoms with Crippen molar-refractivity contribution in [2.24, 2.45) is 0 Å². The van der Waals surface area contributed by atoms with Crippen LogP contribution in [-0.4, -0.2) is 36.5 Å². The number of fused-ring (bicyclic) bond motifs is 1. The molecule has 36 heavy (non-hydrogen) atoms. The lowest BCUT2D eigenvalue weighted by Gasteiger charge is -2.31. The van der Waals surface area contributed by atoms with Gasteiger partial charge in [0, 0.05) is 18.3 Å². The molecule has 10 heteroatoms. The van der Waals surface area contributed by atoms with Crippen molar-refractivity contribution in [2.75, 3.05) is 0 Å². The average Bonchev–Trinajstić information content (AvgIpc) is 3.62. The van der Waals surface area contributed by atoms with Crippen LogP contribution in [0.2, 0.25) is 0 Å². The number of rotatable bonds is 5. The molecule has 1 fully saturated rings. The van der Waals surface area contributed by atoms with Crippen molar-refractivity contribution in [3.05, 3.63) is 69.4 Å². The molecule has 5 aromatic heterocycles. The topological polar surface area (TPSA) is 98.7 Å². The Balaban J connectivity index is 1.38. The quantitative estimate of drug-likeness (QED) is 0.274. The van der Waals surface area contributed by atoms with Gasteiger partial charge in [-0.3, -0.25) is 9.78 Å². The first-order valence-electron chi connectivity index (χ1n) is 11.8. The smallest absolute Gasteiger partial charge is 0.261 e. The van der Waals surface area contributed by atoms with Crippen LogP contribution in [0.15, 0.2) is 63.3 Å². The first kappa shape index (κ1) is 23.1. The Labute approximate surface area is 220 Å². The van der Waals surface area contributed by atoms with E-state index >= 15 is 0 Å². The molecular weight excluding hydrogens is 540 g/mol. The van der Waals surface area contributed by atoms with Crippen LogP contribution in [0.4, 0.5) is 0 Å². The van der Waals surface area contributed by atoms with Crippen molar-refractivity contribution in [3.8, 4) is 23.1 Å². The highest BCUT2D eigenvalue weighted by Crippen LogP contribution is 2.36. The van der Waals surface area contributed by atoms with Gasteiger partial charge < -0.3 is 14.3 Å². The summed E-state index contributed by atoms with van der Waals surface area (Å²) in [6.07, 6.45) is 8.91. The first-order chi connectivity index (χ1) is 17.5. The van der Waals surface area contributed by atoms with Gasteiger partial charge in [0.25, 0.3) is 5.91 Å². The lowest BCUT2D eigenvalue weighted by Crippen LogP contribution is -2.38. The molecule has 1 aliphatic rings. The number of halogens is 1. The first-order valence-corrected chi connectivity index (χ1v) is 13.4. The Morgan fingerprint density at radius 3 is 2.83 bits per heavy atom. The molecule has 1 N–H and O–H groups in total. The number of nitrogens with one attached hydrogen (secondary N) is 1. The van der Waals surface area contributed by atoms with Gasteiger partial charge in [-0.15, -0.1) is 11.3 Å². The lowest BCUT2D eigenvalue weighted by molar-refractivity contribution is 0.0925. The standard InChI is InChI=1S/C26H23BrN6O2S/c1-15-14-35-26(30-15)19-12-21-20(13-29-19)32-24(18-7-2-3-10-28-18)33(21)17-6-4-5-16(11-17)31-25(34)22-8-9-23(27)36-22/h2-3,7-10,12-14,16-17H,4-6,11H2,1H3,(H,31,34)/t16-,17+/m0/s1. The van der Waals surface area contributed by atoms with Crippen LogP contribution < -0.4 is 5.32 Å². The normalized spacial score (nSPS) is 17.9. The van der Waals surface area contributed by atoms with Crippen molar-refractivity contribution in [2.45, 2.75) is 44.7 Å². The van der Waals surface area contributed by atoms with Gasteiger partial charge in [0.1, 0.15) is 23.2 Å². The summed E-state index contributed by atoms with van der Waals surface area (Å²) in [5.74, 6) is 1.26. The molecule has 5 aromatic rings. The fourth-order valence-electron chi connectivity index (χ4n) is 4.86. The van der Waals surface area contributed by atoms with E-state index in [1.54, 1.807) is 18.7 Å². The Morgan fingerprint density at radius 1 is 1.17 bits per heavy atom. The summed E-state index contributed by atoms with van der Waals surface area (Å²) < 4.78 is 8.83. The highest BCUT2D eigenvalue weighted by atomic mass is 79.9. The monoisotopic (exact) mass is 562 g/mol. The Hall–Kier alpha value is -3.37. The molecule has 0 unspecified atom stereocenters. The summed E-state index contributed by atoms with van der Waals surface area (Å²) in [6.45, 7) is 1.89. The Bertz CT molecular complexity index is 1540. The molecule has 182 valence electrons. The number of pyridine rings is 2. The van der Waals surface area contributed by atoms with E-state index in [0.717, 1.165) is 57.7 Å². The number of amides is 1. The zero-order valence-electron chi connectivity index (χ0n) is 19.5. The van der Waals surface area contributed by atoms with E-state index in [9.17, 15) is 4.79 Å². The number of nitrogens with zero attached hydrogens (tertiary/aromatic N) is 5. The van der Waals surface area contributed by atoms with Crippen LogP contribution in [0.3, 0.4) is 0 Å². The molecule has 0 aliphatic heterocycles. The van der Waals surface area contributed by atoms with Gasteiger partial charge in [-0.25, -0.2) is 15.0 Å². The molecule has 1 amide bonds. The maximum absolute atomic E-state index is 12.8. The molecule has 8 nitrogen and oxygen atoms in total. The SMILES string of the molecule is Cc1coc(-c2cc3c(cn2)nc(-c2ccccn2)n3[C@@H]2CCC[C@H](NC(=O)c3ccc(Br)s3)C2)n1. The van der Waals surface area contributed by atoms with Crippen molar-refractivity contribution in [3.63, 3.8) is 0 Å². The van der Waals surface area contributed by atoms with Crippen molar-refractivity contribution >= 4 is 44.2 Å². The minimum atomic E-state index is -0.0254. The minimum absolute atomic E-state index is 0.0254. The van der Waals surface area contributed by atoms with E-state index < -0.39 is 0 Å². The van der Waals surface area contributed by atoms with E-state index in [2.05, 4.69) is 40.8 Å². The summed E-state index contributed by atoms with van der Waals surface area (Å²) in [7, 11) is 0. The molecule has 2 atom stereocenters. The fourth-order valence-corrected chi connectivity index (χ4v) is 6.14. The van der Waals surface area contributed by atoms with E-state index in [1.807, 2.05) is 43.3 Å². The second-order valence-corrected chi connectivity index (χ2v) is 11.4. The number of oxazole rings is 1. The molecule has 0 aromatic carbocycles. The number of imidazole rings is 1. The number of carbonyl (C=O) groups is 1. The van der Waals surface area contributed by atoms with Gasteiger partial charge in [-0.2, -0.15) is 0 Å². The third-order valence-corrected chi connectivity index (χ3v) is 8.07. The number of hydrogen-bond acceptors (Lipinski definition) is 7. The summed E-state index contributed by atoms with van der Waals surface area (Å²) in [5.41, 5.74) is 4.01. The molecule has 1 aliphatic carbocycles. The second-order valence-electron chi connectivity index (χ2n) is 8.97. The summed E-state index contributed by atoms with van der Waals surface area (Å²) in [4.78, 5) is 32.1. The van der Waals surface area contributed by atoms with Gasteiger partial charge in [0.15, 0.2) is 5.82 Å². The van der Waals surface area contributed by atoms with Gasteiger partial charge in [0.2, 0.25) is 5.89 Å². The van der Waals surface area contributed by atoms with E-state index in [4.69, 9.17) is 9.40 Å². The second kappa shape index (κ2) is 9.59. The number of hydrogen-bond donors (Lipinski definition) is 1. The third kappa shape index (κ3) is 4.46. The van der Waals surface area contributed by atoms with E-state index in [1.165, 1.54) is 11.3 Å². The van der Waals surface area contributed by atoms with Crippen molar-refractivity contribution in [1.82, 2.24) is 29.8 Å². The molecule has 0 saturated heterocycles. The maximum Gasteiger partial charge on any atom is 0.261 e. The maximum atomic E-state index is 12.8. The van der Waals surface area contributed by atoms with Gasteiger partial charge in [-0.05, 0) is 78.9 Å². The van der Waals surface area contributed by atoms with Gasteiger partial charge in [-0.1, -0.05) is 6.07 Å². The average molecular weight is 563 g/mol. The number of aromatic nitrogens is 5. The number of thiophene rings is 1. The van der Waals surface area contributed by atoms with Crippen molar-refractivity contribution in [1.29, 1.82) is 0 Å². The van der Waals surface area contributed by atoms with Crippen LogP contribution >= 0.6 is 27.3 Å². The zero-order valence-corrected chi connectivity index (χ0v) is 21.9. The molecule has 0 bridgehead atoms. The summed E-state index contributed by atoms with van der Waals surface area (Å²) in [5, 5.41) is 3.25. The molecule has 0 spiro atoms. The van der Waals surface area contributed by atoms with Crippen LogP contribution in [-0.2, 0) is 0 Å². The lowest BCUT2D eigenvalue weighted by atomic mass is 9.90. The van der Waals surface area contributed by atoms with Crippen molar-refractivity contribution < 1.29 is 9.21 Å². The van der Waals surface area contributed by atoms with Gasteiger partial charge >= 0.3 is 0 Å². The molecule has 0 radical (unpaired) electrons. The largest absolute Gasteiger partial charge is 0.443 e.